The van der Waals surface area contributed by atoms with E-state index in [0.29, 0.717) is 18.7 Å². The lowest BCUT2D eigenvalue weighted by Gasteiger charge is -2.35. The zero-order valence-electron chi connectivity index (χ0n) is 18.7. The van der Waals surface area contributed by atoms with Crippen LogP contribution >= 0.6 is 22.9 Å². The van der Waals surface area contributed by atoms with Gasteiger partial charge < -0.3 is 4.74 Å². The fraction of sp³-hybridized carbons (Fsp3) is 0.348. The number of likely N-dealkylation sites (tertiary alicyclic amines) is 1. The van der Waals surface area contributed by atoms with Crippen LogP contribution in [0.15, 0.2) is 52.2 Å². The van der Waals surface area contributed by atoms with Crippen LogP contribution in [0, 0.1) is 5.82 Å². The number of alkyl halides is 3. The molecule has 3 aromatic rings. The van der Waals surface area contributed by atoms with Gasteiger partial charge in [0.2, 0.25) is 6.43 Å². The van der Waals surface area contributed by atoms with Crippen molar-refractivity contribution >= 4 is 38.8 Å². The van der Waals surface area contributed by atoms with Gasteiger partial charge in [-0.1, -0.05) is 35.9 Å². The van der Waals surface area contributed by atoms with Crippen molar-refractivity contribution in [3.63, 3.8) is 0 Å². The number of hydrogen-bond donors (Lipinski definition) is 1. The molecule has 2 heterocycles. The van der Waals surface area contributed by atoms with E-state index >= 15 is 0 Å². The minimum Gasteiger partial charge on any atom is -0.486 e. The second-order valence-electron chi connectivity index (χ2n) is 8.30. The van der Waals surface area contributed by atoms with Crippen molar-refractivity contribution < 1.29 is 30.7 Å². The van der Waals surface area contributed by atoms with Gasteiger partial charge in [-0.2, -0.15) is 0 Å². The van der Waals surface area contributed by atoms with E-state index < -0.39 is 39.4 Å². The highest BCUT2D eigenvalue weighted by Crippen LogP contribution is 2.33. The standard InChI is InChI=1S/C23H22ClF4N3O3S2/c24-16-8-21(36(32,33)30-23-12-35-13-29-23)17(25)9-20(16)34-19-4-5-31(11-18(19)26)10-15-3-1-2-14(6-15)7-22(27)28/h1-3,6,8-9,12-13,18-19,22,30H,4-5,7,10-11H2/t18-,19+/m1/s1. The normalized spacial score (nSPS) is 18.9. The molecule has 1 saturated heterocycles. The van der Waals surface area contributed by atoms with Crippen molar-refractivity contribution in [2.75, 3.05) is 17.8 Å². The number of hydrogen-bond acceptors (Lipinski definition) is 6. The molecule has 0 saturated carbocycles. The Balaban J connectivity index is 1.39. The number of ether oxygens (including phenoxy) is 1. The van der Waals surface area contributed by atoms with Gasteiger partial charge in [-0.05, 0) is 23.6 Å². The molecule has 1 fully saturated rings. The topological polar surface area (TPSA) is 71.5 Å². The van der Waals surface area contributed by atoms with Crippen molar-refractivity contribution in [1.82, 2.24) is 9.88 Å². The minimum atomic E-state index is -4.29. The van der Waals surface area contributed by atoms with Gasteiger partial charge in [0, 0.05) is 37.5 Å². The third kappa shape index (κ3) is 6.67. The molecule has 0 amide bonds. The first-order chi connectivity index (χ1) is 17.1. The largest absolute Gasteiger partial charge is 0.486 e. The summed E-state index contributed by atoms with van der Waals surface area (Å²) >= 11 is 7.32. The van der Waals surface area contributed by atoms with Crippen molar-refractivity contribution in [2.45, 2.75) is 43.0 Å². The Bertz CT molecular complexity index is 1300. The van der Waals surface area contributed by atoms with Gasteiger partial charge in [-0.3, -0.25) is 9.62 Å². The van der Waals surface area contributed by atoms with Gasteiger partial charge >= 0.3 is 0 Å². The van der Waals surface area contributed by atoms with E-state index in [1.54, 1.807) is 24.3 Å². The van der Waals surface area contributed by atoms with Gasteiger partial charge in [0.25, 0.3) is 10.0 Å². The molecule has 2 aromatic carbocycles. The van der Waals surface area contributed by atoms with Gasteiger partial charge in [0.15, 0.2) is 5.82 Å². The molecule has 2 atom stereocenters. The summed E-state index contributed by atoms with van der Waals surface area (Å²) < 4.78 is 87.7. The molecule has 0 radical (unpaired) electrons. The van der Waals surface area contributed by atoms with E-state index in [1.165, 1.54) is 10.9 Å². The van der Waals surface area contributed by atoms with E-state index in [2.05, 4.69) is 9.71 Å². The van der Waals surface area contributed by atoms with Crippen LogP contribution in [0.4, 0.5) is 23.4 Å². The van der Waals surface area contributed by atoms with Crippen LogP contribution in [0.3, 0.4) is 0 Å². The Labute approximate surface area is 214 Å². The molecule has 1 aromatic heterocycles. The lowest BCUT2D eigenvalue weighted by molar-refractivity contribution is 0.0189. The number of thiazole rings is 1. The number of benzene rings is 2. The first-order valence-electron chi connectivity index (χ1n) is 10.9. The number of nitrogens with one attached hydrogen (secondary N) is 1. The highest BCUT2D eigenvalue weighted by atomic mass is 35.5. The third-order valence-electron chi connectivity index (χ3n) is 5.58. The second kappa shape index (κ2) is 11.3. The molecule has 6 nitrogen and oxygen atoms in total. The van der Waals surface area contributed by atoms with Crippen LogP contribution in [-0.4, -0.2) is 50.1 Å². The summed E-state index contributed by atoms with van der Waals surface area (Å²) in [4.78, 5) is 4.96. The van der Waals surface area contributed by atoms with Crippen LogP contribution in [0.1, 0.15) is 17.5 Å². The molecule has 194 valence electrons. The maximum Gasteiger partial charge on any atom is 0.266 e. The lowest BCUT2D eigenvalue weighted by atomic mass is 10.0. The summed E-state index contributed by atoms with van der Waals surface area (Å²) in [6, 6.07) is 8.54. The molecule has 0 spiro atoms. The van der Waals surface area contributed by atoms with E-state index in [4.69, 9.17) is 16.3 Å². The van der Waals surface area contributed by atoms with Crippen LogP contribution in [0.25, 0.3) is 0 Å². The zero-order valence-corrected chi connectivity index (χ0v) is 21.1. The fourth-order valence-corrected chi connectivity index (χ4v) is 5.86. The average Bonchev–Trinajstić information content (AvgIpc) is 3.30. The van der Waals surface area contributed by atoms with Gasteiger partial charge in [-0.15, -0.1) is 11.3 Å². The van der Waals surface area contributed by atoms with Crippen LogP contribution in [0.2, 0.25) is 5.02 Å². The van der Waals surface area contributed by atoms with Gasteiger partial charge in [-0.25, -0.2) is 31.0 Å². The smallest absolute Gasteiger partial charge is 0.266 e. The molecular formula is C23H22ClF4N3O3S2. The monoisotopic (exact) mass is 563 g/mol. The van der Waals surface area contributed by atoms with Crippen molar-refractivity contribution in [3.05, 3.63) is 69.3 Å². The average molecular weight is 564 g/mol. The minimum absolute atomic E-state index is 0.0217. The van der Waals surface area contributed by atoms with Crippen LogP contribution in [0.5, 0.6) is 5.75 Å². The Hall–Kier alpha value is -2.41. The number of halogens is 5. The summed E-state index contributed by atoms with van der Waals surface area (Å²) in [5.74, 6) is -1.22. The van der Waals surface area contributed by atoms with Crippen molar-refractivity contribution in [2.24, 2.45) is 0 Å². The Morgan fingerprint density at radius 3 is 2.72 bits per heavy atom. The van der Waals surface area contributed by atoms with E-state index in [9.17, 15) is 26.0 Å². The fourth-order valence-electron chi connectivity index (χ4n) is 3.94. The summed E-state index contributed by atoms with van der Waals surface area (Å²) in [6.45, 7) is 0.861. The summed E-state index contributed by atoms with van der Waals surface area (Å²) in [5.41, 5.74) is 2.73. The zero-order chi connectivity index (χ0) is 25.9. The van der Waals surface area contributed by atoms with Crippen LogP contribution in [-0.2, 0) is 23.0 Å². The summed E-state index contributed by atoms with van der Waals surface area (Å²) in [5, 5.41) is 1.27. The first kappa shape index (κ1) is 26.6. The van der Waals surface area contributed by atoms with Crippen molar-refractivity contribution in [1.29, 1.82) is 0 Å². The number of nitrogens with zero attached hydrogens (tertiary/aromatic N) is 2. The lowest BCUT2D eigenvalue weighted by Crippen LogP contribution is -2.46. The summed E-state index contributed by atoms with van der Waals surface area (Å²) in [6.07, 6.45) is -4.87. The van der Waals surface area contributed by atoms with E-state index in [-0.39, 0.29) is 36.0 Å². The molecule has 0 bridgehead atoms. The quantitative estimate of drug-likeness (QED) is 0.346. The summed E-state index contributed by atoms with van der Waals surface area (Å²) in [7, 11) is -4.29. The number of rotatable bonds is 9. The Morgan fingerprint density at radius 2 is 2.03 bits per heavy atom. The van der Waals surface area contributed by atoms with E-state index in [1.807, 2.05) is 4.90 Å². The molecule has 1 aliphatic rings. The SMILES string of the molecule is O=S(=O)(Nc1cscn1)c1cc(Cl)c(O[C@H]2CCN(Cc3cccc(CC(F)F)c3)C[C@H]2F)cc1F. The molecule has 1 N–H and O–H groups in total. The highest BCUT2D eigenvalue weighted by Gasteiger charge is 2.32. The third-order valence-corrected chi connectivity index (χ3v) is 7.83. The number of anilines is 1. The molecular weight excluding hydrogens is 542 g/mol. The molecule has 0 aliphatic carbocycles. The van der Waals surface area contributed by atoms with Crippen LogP contribution < -0.4 is 9.46 Å². The number of piperidine rings is 1. The molecule has 13 heteroatoms. The van der Waals surface area contributed by atoms with Gasteiger partial charge in [0.1, 0.15) is 28.7 Å². The Morgan fingerprint density at radius 1 is 1.25 bits per heavy atom. The second-order valence-corrected chi connectivity index (χ2v) is 11.1. The van der Waals surface area contributed by atoms with Gasteiger partial charge in [0.05, 0.1) is 10.5 Å². The molecule has 0 unspecified atom stereocenters. The van der Waals surface area contributed by atoms with Crippen molar-refractivity contribution in [3.8, 4) is 5.75 Å². The molecule has 36 heavy (non-hydrogen) atoms. The highest BCUT2D eigenvalue weighted by molar-refractivity contribution is 7.92. The first-order valence-corrected chi connectivity index (χ1v) is 13.7. The molecule has 1 aliphatic heterocycles. The number of sulfonamides is 1. The predicted molar refractivity (Wildman–Crippen MR) is 130 cm³/mol. The Kier molecular flexibility index (Phi) is 8.38. The maximum absolute atomic E-state index is 14.9. The maximum atomic E-state index is 14.9. The predicted octanol–water partition coefficient (Wildman–Crippen LogP) is 5.54. The van der Waals surface area contributed by atoms with E-state index in [0.717, 1.165) is 29.0 Å². The molecule has 4 rings (SSSR count). The number of aromatic nitrogens is 1.